The first-order valence-corrected chi connectivity index (χ1v) is 5.12. The maximum Gasteiger partial charge on any atom is 0.119 e. The molecule has 3 heteroatoms. The predicted molar refractivity (Wildman–Crippen MR) is 51.2 cm³/mol. The highest BCUT2D eigenvalue weighted by molar-refractivity contribution is 5.12. The predicted octanol–water partition coefficient (Wildman–Crippen LogP) is 0.726. The summed E-state index contributed by atoms with van der Waals surface area (Å²) in [4.78, 5) is 2.25. The van der Waals surface area contributed by atoms with E-state index in [0.717, 1.165) is 25.9 Å². The summed E-state index contributed by atoms with van der Waals surface area (Å²) in [6.45, 7) is 2.02. The topological polar surface area (TPSA) is 39.1 Å². The van der Waals surface area contributed by atoms with E-state index in [9.17, 15) is 5.26 Å². The van der Waals surface area contributed by atoms with Crippen molar-refractivity contribution in [3.63, 3.8) is 0 Å². The maximum absolute atomic E-state index is 9.20. The summed E-state index contributed by atoms with van der Waals surface area (Å²) in [5.41, 5.74) is -0.242. The molecule has 3 nitrogen and oxygen atoms in total. The van der Waals surface area contributed by atoms with E-state index in [1.807, 2.05) is 0 Å². The molecule has 1 heterocycles. The summed E-state index contributed by atoms with van der Waals surface area (Å²) in [6, 6.07) is 3.10. The third kappa shape index (κ3) is 2.01. The molecule has 1 N–H and O–H groups in total. The van der Waals surface area contributed by atoms with Crippen molar-refractivity contribution in [3.05, 3.63) is 0 Å². The van der Waals surface area contributed by atoms with Gasteiger partial charge in [0.15, 0.2) is 0 Å². The molecule has 13 heavy (non-hydrogen) atoms. The van der Waals surface area contributed by atoms with Crippen LogP contribution in [0.3, 0.4) is 0 Å². The Morgan fingerprint density at radius 2 is 2.31 bits per heavy atom. The molecule has 0 spiro atoms. The van der Waals surface area contributed by atoms with Gasteiger partial charge in [0.2, 0.25) is 0 Å². The third-order valence-corrected chi connectivity index (χ3v) is 2.96. The zero-order valence-electron chi connectivity index (χ0n) is 8.21. The minimum atomic E-state index is -0.242. The average Bonchev–Trinajstić information content (AvgIpc) is 2.88. The van der Waals surface area contributed by atoms with Crippen molar-refractivity contribution in [1.82, 2.24) is 10.2 Å². The molecule has 1 aliphatic carbocycles. The second-order valence-corrected chi connectivity index (χ2v) is 4.45. The SMILES string of the molecule is CN1CCCC(C#N)(NC2CC2)C1. The summed E-state index contributed by atoms with van der Waals surface area (Å²) >= 11 is 0. The Labute approximate surface area is 79.7 Å². The lowest BCUT2D eigenvalue weighted by Crippen LogP contribution is -2.55. The highest BCUT2D eigenvalue weighted by Crippen LogP contribution is 2.27. The highest BCUT2D eigenvalue weighted by Gasteiger charge is 2.38. The van der Waals surface area contributed by atoms with E-state index in [0.29, 0.717) is 6.04 Å². The second-order valence-electron chi connectivity index (χ2n) is 4.45. The fourth-order valence-corrected chi connectivity index (χ4v) is 2.13. The minimum absolute atomic E-state index is 0.242. The molecule has 1 saturated carbocycles. The van der Waals surface area contributed by atoms with Crippen molar-refractivity contribution in [2.45, 2.75) is 37.3 Å². The molecular weight excluding hydrogens is 162 g/mol. The van der Waals surface area contributed by atoms with Crippen molar-refractivity contribution in [3.8, 4) is 6.07 Å². The van der Waals surface area contributed by atoms with Crippen LogP contribution in [0.4, 0.5) is 0 Å². The molecule has 0 aromatic rings. The third-order valence-electron chi connectivity index (χ3n) is 2.96. The van der Waals surface area contributed by atoms with Crippen LogP contribution >= 0.6 is 0 Å². The number of likely N-dealkylation sites (tertiary alicyclic amines) is 1. The molecule has 0 amide bonds. The number of nitrogens with one attached hydrogen (secondary N) is 1. The van der Waals surface area contributed by atoms with Gasteiger partial charge in [-0.15, -0.1) is 0 Å². The summed E-state index contributed by atoms with van der Waals surface area (Å²) in [5, 5.41) is 12.7. The number of piperidine rings is 1. The Kier molecular flexibility index (Phi) is 2.27. The summed E-state index contributed by atoms with van der Waals surface area (Å²) < 4.78 is 0. The first-order chi connectivity index (χ1) is 6.24. The first-order valence-electron chi connectivity index (χ1n) is 5.12. The molecule has 1 aliphatic heterocycles. The molecule has 0 bridgehead atoms. The molecule has 2 rings (SSSR count). The lowest BCUT2D eigenvalue weighted by atomic mass is 9.90. The van der Waals surface area contributed by atoms with Gasteiger partial charge in [0.05, 0.1) is 6.07 Å². The fraction of sp³-hybridized carbons (Fsp3) is 0.900. The van der Waals surface area contributed by atoms with E-state index in [1.165, 1.54) is 12.8 Å². The summed E-state index contributed by atoms with van der Waals surface area (Å²) in [5.74, 6) is 0. The monoisotopic (exact) mass is 179 g/mol. The van der Waals surface area contributed by atoms with Crippen molar-refractivity contribution >= 4 is 0 Å². The second kappa shape index (κ2) is 3.28. The molecule has 0 aromatic heterocycles. The van der Waals surface area contributed by atoms with Crippen LogP contribution in [0.1, 0.15) is 25.7 Å². The fourth-order valence-electron chi connectivity index (χ4n) is 2.13. The summed E-state index contributed by atoms with van der Waals surface area (Å²) in [7, 11) is 2.10. The van der Waals surface area contributed by atoms with Gasteiger partial charge in [-0.05, 0) is 39.3 Å². The van der Waals surface area contributed by atoms with Crippen LogP contribution in [-0.2, 0) is 0 Å². The molecule has 0 radical (unpaired) electrons. The number of hydrogen-bond acceptors (Lipinski definition) is 3. The van der Waals surface area contributed by atoms with E-state index < -0.39 is 0 Å². The lowest BCUT2D eigenvalue weighted by molar-refractivity contribution is 0.183. The van der Waals surface area contributed by atoms with E-state index in [4.69, 9.17) is 0 Å². The molecule has 2 fully saturated rings. The molecule has 1 atom stereocenters. The van der Waals surface area contributed by atoms with Gasteiger partial charge in [0.1, 0.15) is 5.54 Å². The van der Waals surface area contributed by atoms with Gasteiger partial charge in [0, 0.05) is 12.6 Å². The Balaban J connectivity index is 2.00. The maximum atomic E-state index is 9.20. The van der Waals surface area contributed by atoms with Crippen LogP contribution in [0.25, 0.3) is 0 Å². The van der Waals surface area contributed by atoms with Crippen LogP contribution in [0.2, 0.25) is 0 Å². The molecular formula is C10H17N3. The van der Waals surface area contributed by atoms with Crippen LogP contribution in [-0.4, -0.2) is 36.6 Å². The lowest BCUT2D eigenvalue weighted by Gasteiger charge is -2.37. The molecule has 1 saturated heterocycles. The van der Waals surface area contributed by atoms with E-state index in [2.05, 4.69) is 23.3 Å². The zero-order valence-corrected chi connectivity index (χ0v) is 8.21. The molecule has 0 aromatic carbocycles. The molecule has 1 unspecified atom stereocenters. The smallest absolute Gasteiger partial charge is 0.119 e. The summed E-state index contributed by atoms with van der Waals surface area (Å²) in [6.07, 6.45) is 4.68. The Bertz CT molecular complexity index is 225. The van der Waals surface area contributed by atoms with Crippen LogP contribution < -0.4 is 5.32 Å². The van der Waals surface area contributed by atoms with Gasteiger partial charge in [-0.2, -0.15) is 5.26 Å². The number of nitrogens with zero attached hydrogens (tertiary/aromatic N) is 2. The minimum Gasteiger partial charge on any atom is -0.303 e. The van der Waals surface area contributed by atoms with Crippen LogP contribution in [0.5, 0.6) is 0 Å². The number of nitriles is 1. The van der Waals surface area contributed by atoms with Crippen molar-refractivity contribution in [2.75, 3.05) is 20.1 Å². The average molecular weight is 179 g/mol. The van der Waals surface area contributed by atoms with E-state index in [1.54, 1.807) is 0 Å². The molecule has 72 valence electrons. The van der Waals surface area contributed by atoms with Gasteiger partial charge in [-0.3, -0.25) is 5.32 Å². The van der Waals surface area contributed by atoms with Crippen molar-refractivity contribution in [2.24, 2.45) is 0 Å². The highest BCUT2D eigenvalue weighted by atomic mass is 15.2. The normalized spacial score (nSPS) is 35.7. The van der Waals surface area contributed by atoms with E-state index in [-0.39, 0.29) is 5.54 Å². The number of hydrogen-bond donors (Lipinski definition) is 1. The Hall–Kier alpha value is -0.590. The van der Waals surface area contributed by atoms with Crippen molar-refractivity contribution in [1.29, 1.82) is 5.26 Å². The van der Waals surface area contributed by atoms with E-state index >= 15 is 0 Å². The number of likely N-dealkylation sites (N-methyl/N-ethyl adjacent to an activating group) is 1. The van der Waals surface area contributed by atoms with Crippen LogP contribution in [0, 0.1) is 11.3 Å². The Morgan fingerprint density at radius 3 is 2.85 bits per heavy atom. The van der Waals surface area contributed by atoms with Gasteiger partial charge in [0.25, 0.3) is 0 Å². The number of rotatable bonds is 2. The first kappa shape index (κ1) is 8.98. The van der Waals surface area contributed by atoms with Crippen LogP contribution in [0.15, 0.2) is 0 Å². The largest absolute Gasteiger partial charge is 0.303 e. The van der Waals surface area contributed by atoms with Gasteiger partial charge in [-0.25, -0.2) is 0 Å². The molecule has 2 aliphatic rings. The van der Waals surface area contributed by atoms with Gasteiger partial charge >= 0.3 is 0 Å². The quantitative estimate of drug-likeness (QED) is 0.679. The standard InChI is InChI=1S/C10H17N3/c1-13-6-2-5-10(7-11,8-13)12-9-3-4-9/h9,12H,2-6,8H2,1H3. The Morgan fingerprint density at radius 1 is 1.54 bits per heavy atom. The van der Waals surface area contributed by atoms with Gasteiger partial charge < -0.3 is 4.90 Å². The van der Waals surface area contributed by atoms with Gasteiger partial charge in [-0.1, -0.05) is 0 Å². The van der Waals surface area contributed by atoms with Crippen molar-refractivity contribution < 1.29 is 0 Å². The zero-order chi connectivity index (χ0) is 9.31.